The highest BCUT2D eigenvalue weighted by atomic mass is 16.5. The zero-order valence-corrected chi connectivity index (χ0v) is 26.3. The van der Waals surface area contributed by atoms with Gasteiger partial charge in [0, 0.05) is 13.0 Å². The second-order valence-corrected chi connectivity index (χ2v) is 11.4. The maximum Gasteiger partial charge on any atom is 0.266 e. The summed E-state index contributed by atoms with van der Waals surface area (Å²) in [5.74, 6) is 3.24. The van der Waals surface area contributed by atoms with E-state index in [1.807, 2.05) is 79.4 Å². The van der Waals surface area contributed by atoms with Gasteiger partial charge >= 0.3 is 0 Å². The number of ether oxygens (including phenoxy) is 3. The summed E-state index contributed by atoms with van der Waals surface area (Å²) in [6.07, 6.45) is 6.84. The molecule has 1 aliphatic carbocycles. The van der Waals surface area contributed by atoms with Crippen molar-refractivity contribution in [3.63, 3.8) is 0 Å². The molecule has 1 saturated carbocycles. The van der Waals surface area contributed by atoms with E-state index in [1.54, 1.807) is 24.9 Å². The maximum absolute atomic E-state index is 14.0. The van der Waals surface area contributed by atoms with E-state index in [4.69, 9.17) is 19.2 Å². The molecule has 5 rings (SSSR count). The molecule has 1 fully saturated rings. The summed E-state index contributed by atoms with van der Waals surface area (Å²) in [5, 5.41) is 0.529. The lowest BCUT2D eigenvalue weighted by Gasteiger charge is -2.31. The predicted molar refractivity (Wildman–Crippen MR) is 173 cm³/mol. The summed E-state index contributed by atoms with van der Waals surface area (Å²) in [5.41, 5.74) is 2.15. The van der Waals surface area contributed by atoms with Crippen molar-refractivity contribution in [2.75, 3.05) is 27.4 Å². The van der Waals surface area contributed by atoms with Crippen LogP contribution in [0.15, 0.2) is 71.5 Å². The third-order valence-corrected chi connectivity index (χ3v) is 8.70. The number of hydrogen-bond donors (Lipinski definition) is 0. The zero-order chi connectivity index (χ0) is 31.1. The number of fused-ring (bicyclic) bond motifs is 1. The molecule has 4 aromatic rings. The zero-order valence-electron chi connectivity index (χ0n) is 26.3. The van der Waals surface area contributed by atoms with E-state index >= 15 is 0 Å². The Bertz CT molecular complexity index is 1630. The molecule has 0 radical (unpaired) electrons. The molecule has 0 spiro atoms. The topological polar surface area (TPSA) is 82.9 Å². The van der Waals surface area contributed by atoms with Crippen molar-refractivity contribution in [1.29, 1.82) is 0 Å². The van der Waals surface area contributed by atoms with Gasteiger partial charge in [-0.1, -0.05) is 43.9 Å². The number of aromatic nitrogens is 2. The lowest BCUT2D eigenvalue weighted by molar-refractivity contribution is -0.133. The van der Waals surface area contributed by atoms with E-state index in [0.29, 0.717) is 65.8 Å². The van der Waals surface area contributed by atoms with Crippen LogP contribution >= 0.6 is 0 Å². The summed E-state index contributed by atoms with van der Waals surface area (Å²) in [6.45, 7) is 4.93. The van der Waals surface area contributed by atoms with Gasteiger partial charge in [0.05, 0.1) is 43.5 Å². The first-order valence-corrected chi connectivity index (χ1v) is 15.7. The molecule has 1 atom stereocenters. The molecular formula is C36H43N3O5. The van der Waals surface area contributed by atoms with Crippen LogP contribution in [0.3, 0.4) is 0 Å². The van der Waals surface area contributed by atoms with E-state index in [0.717, 1.165) is 17.7 Å². The van der Waals surface area contributed by atoms with E-state index in [9.17, 15) is 9.59 Å². The summed E-state index contributed by atoms with van der Waals surface area (Å²) < 4.78 is 18.2. The van der Waals surface area contributed by atoms with Crippen molar-refractivity contribution in [2.45, 2.75) is 64.8 Å². The highest BCUT2D eigenvalue weighted by Gasteiger charge is 2.28. The summed E-state index contributed by atoms with van der Waals surface area (Å²) in [6, 6.07) is 20.2. The van der Waals surface area contributed by atoms with Crippen molar-refractivity contribution in [3.8, 4) is 22.9 Å². The molecule has 0 aliphatic heterocycles. The average Bonchev–Trinajstić information content (AvgIpc) is 3.58. The average molecular weight is 598 g/mol. The van der Waals surface area contributed by atoms with Crippen LogP contribution < -0.4 is 19.8 Å². The number of methoxy groups -OCH3 is 2. The molecular weight excluding hydrogens is 554 g/mol. The van der Waals surface area contributed by atoms with Gasteiger partial charge in [0.1, 0.15) is 11.6 Å². The Morgan fingerprint density at radius 3 is 2.43 bits per heavy atom. The number of amides is 1. The first-order chi connectivity index (χ1) is 21.4. The number of para-hydroxylation sites is 1. The summed E-state index contributed by atoms with van der Waals surface area (Å²) >= 11 is 0. The molecule has 1 aliphatic rings. The van der Waals surface area contributed by atoms with Gasteiger partial charge in [-0.3, -0.25) is 14.2 Å². The van der Waals surface area contributed by atoms with Crippen LogP contribution in [0.25, 0.3) is 16.6 Å². The Kier molecular flexibility index (Phi) is 10.2. The van der Waals surface area contributed by atoms with Crippen LogP contribution in [0.1, 0.15) is 69.8 Å². The highest BCUT2D eigenvalue weighted by molar-refractivity contribution is 5.79. The number of benzene rings is 3. The molecule has 1 unspecified atom stereocenters. The summed E-state index contributed by atoms with van der Waals surface area (Å²) in [7, 11) is 3.23. The van der Waals surface area contributed by atoms with Crippen molar-refractivity contribution in [3.05, 3.63) is 88.5 Å². The molecule has 3 aromatic carbocycles. The lowest BCUT2D eigenvalue weighted by atomic mass is 10.0. The molecule has 0 bridgehead atoms. The maximum atomic E-state index is 14.0. The molecule has 1 aromatic heterocycles. The van der Waals surface area contributed by atoms with Gasteiger partial charge in [-0.25, -0.2) is 4.98 Å². The van der Waals surface area contributed by atoms with E-state index in [2.05, 4.69) is 0 Å². The predicted octanol–water partition coefficient (Wildman–Crippen LogP) is 6.90. The normalized spacial score (nSPS) is 14.0. The Balaban J connectivity index is 1.53. The third-order valence-electron chi connectivity index (χ3n) is 8.70. The first kappa shape index (κ1) is 31.1. The van der Waals surface area contributed by atoms with Gasteiger partial charge in [0.15, 0.2) is 11.5 Å². The molecule has 0 N–H and O–H groups in total. The van der Waals surface area contributed by atoms with Gasteiger partial charge in [-0.2, -0.15) is 0 Å². The van der Waals surface area contributed by atoms with Crippen LogP contribution in [0.4, 0.5) is 0 Å². The van der Waals surface area contributed by atoms with Crippen molar-refractivity contribution < 1.29 is 19.0 Å². The second kappa shape index (κ2) is 14.4. The fraction of sp³-hybridized carbons (Fsp3) is 0.417. The number of carbonyl (C=O) groups excluding carboxylic acids is 1. The molecule has 1 heterocycles. The van der Waals surface area contributed by atoms with Gasteiger partial charge < -0.3 is 19.1 Å². The minimum atomic E-state index is -0.463. The fourth-order valence-corrected chi connectivity index (χ4v) is 6.27. The number of carbonyl (C=O) groups is 1. The van der Waals surface area contributed by atoms with Gasteiger partial charge in [0.25, 0.3) is 5.56 Å². The van der Waals surface area contributed by atoms with E-state index in [1.165, 1.54) is 25.7 Å². The minimum absolute atomic E-state index is 0.0746. The van der Waals surface area contributed by atoms with Gasteiger partial charge in [0.2, 0.25) is 5.91 Å². The van der Waals surface area contributed by atoms with Gasteiger partial charge in [-0.15, -0.1) is 0 Å². The first-order valence-electron chi connectivity index (χ1n) is 15.7. The number of hydrogen-bond acceptors (Lipinski definition) is 6. The Morgan fingerprint density at radius 1 is 1.00 bits per heavy atom. The van der Waals surface area contributed by atoms with Crippen LogP contribution in [-0.2, 0) is 11.2 Å². The molecule has 8 heteroatoms. The summed E-state index contributed by atoms with van der Waals surface area (Å²) in [4.78, 5) is 35.0. The quantitative estimate of drug-likeness (QED) is 0.167. The Morgan fingerprint density at radius 2 is 1.73 bits per heavy atom. The molecule has 1 amide bonds. The fourth-order valence-electron chi connectivity index (χ4n) is 6.27. The highest BCUT2D eigenvalue weighted by Crippen LogP contribution is 2.31. The largest absolute Gasteiger partial charge is 0.494 e. The third kappa shape index (κ3) is 6.90. The molecule has 0 saturated heterocycles. The Hall–Kier alpha value is -4.33. The van der Waals surface area contributed by atoms with Gasteiger partial charge in [-0.05, 0) is 86.7 Å². The standard InChI is InChI=1S/C36H43N3O5/c1-5-44-29-18-16-28(17-19-29)39-35(37-31-13-9-8-12-30(31)36(39)41)25(2)38(34(40)21-15-26-10-6-7-11-26)23-22-27-14-20-32(42-3)33(24-27)43-4/h8-9,12-14,16-20,24-26H,5-7,10-11,15,21-23H2,1-4H3. The number of nitrogens with zero attached hydrogens (tertiary/aromatic N) is 3. The minimum Gasteiger partial charge on any atom is -0.494 e. The molecule has 8 nitrogen and oxygen atoms in total. The number of rotatable bonds is 13. The van der Waals surface area contributed by atoms with Crippen LogP contribution in [0, 0.1) is 5.92 Å². The second-order valence-electron chi connectivity index (χ2n) is 11.4. The Labute approximate surface area is 259 Å². The van der Waals surface area contributed by atoms with Crippen molar-refractivity contribution in [1.82, 2.24) is 14.5 Å². The lowest BCUT2D eigenvalue weighted by Crippen LogP contribution is -2.38. The van der Waals surface area contributed by atoms with Crippen LogP contribution in [0.2, 0.25) is 0 Å². The molecule has 44 heavy (non-hydrogen) atoms. The monoisotopic (exact) mass is 597 g/mol. The van der Waals surface area contributed by atoms with Crippen LogP contribution in [-0.4, -0.2) is 47.7 Å². The van der Waals surface area contributed by atoms with E-state index in [-0.39, 0.29) is 11.5 Å². The SMILES string of the molecule is CCOc1ccc(-n2c(C(C)N(CCc3ccc(OC)c(OC)c3)C(=O)CCC3CCCC3)nc3ccccc3c2=O)cc1. The van der Waals surface area contributed by atoms with E-state index < -0.39 is 6.04 Å². The van der Waals surface area contributed by atoms with Crippen molar-refractivity contribution in [2.24, 2.45) is 5.92 Å². The molecule has 232 valence electrons. The smallest absolute Gasteiger partial charge is 0.266 e. The van der Waals surface area contributed by atoms with Crippen LogP contribution in [0.5, 0.6) is 17.2 Å². The van der Waals surface area contributed by atoms with Crippen molar-refractivity contribution >= 4 is 16.8 Å².